The molecule has 2 rings (SSSR count). The quantitative estimate of drug-likeness (QED) is 0.737. The number of carbonyl (C=O) groups is 1. The number of carbonyl (C=O) groups excluding carboxylic acids is 1. The Hall–Kier alpha value is -2.04. The van der Waals surface area contributed by atoms with Gasteiger partial charge >= 0.3 is 6.09 Å². The van der Waals surface area contributed by atoms with Crippen molar-refractivity contribution in [2.45, 2.75) is 10.8 Å². The highest BCUT2D eigenvalue weighted by Gasteiger charge is 2.54. The highest BCUT2D eigenvalue weighted by Crippen LogP contribution is 2.35. The van der Waals surface area contributed by atoms with Crippen molar-refractivity contribution in [1.82, 2.24) is 9.62 Å². The molecule has 1 aromatic carbocycles. The second kappa shape index (κ2) is 7.06. The molecule has 138 valence electrons. The largest absolute Gasteiger partial charge is 0.445 e. The molecule has 0 saturated carbocycles. The zero-order chi connectivity index (χ0) is 18.8. The molecule has 0 aromatic heterocycles. The third kappa shape index (κ3) is 3.65. The van der Waals surface area contributed by atoms with E-state index in [9.17, 15) is 22.0 Å². The van der Waals surface area contributed by atoms with Crippen molar-refractivity contribution < 1.29 is 26.7 Å². The molecule has 7 nitrogen and oxygen atoms in total. The van der Waals surface area contributed by atoms with Crippen LogP contribution < -0.4 is 10.5 Å². The van der Waals surface area contributed by atoms with Crippen LogP contribution in [0.4, 0.5) is 13.6 Å². The van der Waals surface area contributed by atoms with Gasteiger partial charge in [0.15, 0.2) is 0 Å². The molecule has 10 heteroatoms. The fourth-order valence-corrected chi connectivity index (χ4v) is 4.26. The Morgan fingerprint density at radius 1 is 1.56 bits per heavy atom. The number of nitrogens with one attached hydrogen (secondary N) is 1. The predicted molar refractivity (Wildman–Crippen MR) is 87.1 cm³/mol. The maximum atomic E-state index is 14.3. The van der Waals surface area contributed by atoms with Gasteiger partial charge in [-0.05, 0) is 13.1 Å². The number of nitrogens with two attached hydrogens (primary N) is 1. The van der Waals surface area contributed by atoms with Gasteiger partial charge < -0.3 is 15.4 Å². The van der Waals surface area contributed by atoms with Crippen LogP contribution in [0.2, 0.25) is 0 Å². The number of amides is 1. The van der Waals surface area contributed by atoms with Crippen LogP contribution in [0, 0.1) is 11.6 Å². The van der Waals surface area contributed by atoms with Crippen molar-refractivity contribution in [3.8, 4) is 0 Å². The van der Waals surface area contributed by atoms with E-state index < -0.39 is 38.5 Å². The third-order valence-corrected chi connectivity index (χ3v) is 5.98. The summed E-state index contributed by atoms with van der Waals surface area (Å²) in [7, 11) is -2.78. The van der Waals surface area contributed by atoms with Crippen LogP contribution in [0.1, 0.15) is 5.56 Å². The Morgan fingerprint density at radius 3 is 2.80 bits per heavy atom. The number of hydrogen-bond acceptors (Lipinski definition) is 5. The summed E-state index contributed by atoms with van der Waals surface area (Å²) in [5.74, 6) is -1.81. The van der Waals surface area contributed by atoms with Crippen molar-refractivity contribution in [3.05, 3.63) is 48.1 Å². The summed E-state index contributed by atoms with van der Waals surface area (Å²) in [4.78, 5) is 13.1. The summed E-state index contributed by atoms with van der Waals surface area (Å²) in [5, 5.41) is -1.35. The van der Waals surface area contributed by atoms with Gasteiger partial charge in [-0.25, -0.2) is 26.7 Å². The maximum absolute atomic E-state index is 14.3. The van der Waals surface area contributed by atoms with E-state index in [0.29, 0.717) is 6.07 Å². The number of halogens is 2. The van der Waals surface area contributed by atoms with Crippen LogP contribution in [-0.2, 0) is 20.3 Å². The zero-order valence-corrected chi connectivity index (χ0v) is 14.4. The highest BCUT2D eigenvalue weighted by molar-refractivity contribution is 7.90. The van der Waals surface area contributed by atoms with Gasteiger partial charge in [0.1, 0.15) is 23.5 Å². The Balaban J connectivity index is 2.47. The molecule has 25 heavy (non-hydrogen) atoms. The summed E-state index contributed by atoms with van der Waals surface area (Å²) in [6, 6.07) is 2.68. The molecule has 1 saturated heterocycles. The summed E-state index contributed by atoms with van der Waals surface area (Å²) < 4.78 is 59.2. The monoisotopic (exact) mass is 375 g/mol. The van der Waals surface area contributed by atoms with E-state index in [4.69, 9.17) is 10.5 Å². The molecule has 1 fully saturated rings. The third-order valence-electron chi connectivity index (χ3n) is 4.09. The Morgan fingerprint density at radius 2 is 2.24 bits per heavy atom. The fraction of sp³-hybridized carbons (Fsp3) is 0.400. The molecule has 1 aromatic rings. The number of likely N-dealkylation sites (tertiary alicyclic amines) is 1. The molecule has 3 N–H and O–H groups in total. The number of hydrogen-bond donors (Lipinski definition) is 2. The molecular formula is C15H19F2N3O4S. The molecule has 1 amide bonds. The Kier molecular flexibility index (Phi) is 5.45. The topological polar surface area (TPSA) is 102 Å². The van der Waals surface area contributed by atoms with Crippen molar-refractivity contribution >= 4 is 16.1 Å². The normalized spacial score (nSPS) is 23.5. The van der Waals surface area contributed by atoms with E-state index in [1.165, 1.54) is 13.1 Å². The van der Waals surface area contributed by atoms with E-state index in [2.05, 4.69) is 11.3 Å². The van der Waals surface area contributed by atoms with Gasteiger partial charge in [0.05, 0.1) is 5.54 Å². The minimum absolute atomic E-state index is 0.0682. The van der Waals surface area contributed by atoms with Crippen molar-refractivity contribution in [2.75, 3.05) is 26.7 Å². The van der Waals surface area contributed by atoms with Crippen LogP contribution in [0.25, 0.3) is 0 Å². The lowest BCUT2D eigenvalue weighted by Gasteiger charge is -2.30. The van der Waals surface area contributed by atoms with E-state index in [1.807, 2.05) is 0 Å². The molecule has 0 spiro atoms. The van der Waals surface area contributed by atoms with Crippen molar-refractivity contribution in [1.29, 1.82) is 0 Å². The van der Waals surface area contributed by atoms with E-state index >= 15 is 0 Å². The average Bonchev–Trinajstić information content (AvgIpc) is 2.92. The lowest BCUT2D eigenvalue weighted by Crippen LogP contribution is -2.53. The van der Waals surface area contributed by atoms with Gasteiger partial charge in [0.25, 0.3) is 0 Å². The molecule has 0 bridgehead atoms. The summed E-state index contributed by atoms with van der Waals surface area (Å²) in [6.07, 6.45) is 0.552. The molecule has 0 aliphatic carbocycles. The first-order valence-electron chi connectivity index (χ1n) is 7.35. The Labute approximate surface area is 144 Å². The number of benzene rings is 1. The van der Waals surface area contributed by atoms with E-state index in [1.54, 1.807) is 0 Å². The lowest BCUT2D eigenvalue weighted by atomic mass is 9.89. The number of rotatable bonds is 5. The number of nitrogens with zero attached hydrogens (tertiary/aromatic N) is 1. The van der Waals surface area contributed by atoms with Gasteiger partial charge in [-0.15, -0.1) is 0 Å². The Bertz CT molecular complexity index is 787. The molecule has 0 radical (unpaired) electrons. The molecule has 2 atom stereocenters. The first kappa shape index (κ1) is 19.3. The molecule has 1 aliphatic heterocycles. The number of sulfonamides is 1. The van der Waals surface area contributed by atoms with Crippen LogP contribution >= 0.6 is 0 Å². The first-order chi connectivity index (χ1) is 11.7. The van der Waals surface area contributed by atoms with Gasteiger partial charge in [-0.3, -0.25) is 0 Å². The van der Waals surface area contributed by atoms with Crippen LogP contribution in [0.3, 0.4) is 0 Å². The standard InChI is InChI=1S/C15H19F2N3O4S/c1-3-6-24-14(21)20-8-13(25(22,23)19-2)15(18,9-20)11-5-4-10(16)7-12(11)17/h3-5,7,13,19H,1,6,8-9,18H2,2H3. The summed E-state index contributed by atoms with van der Waals surface area (Å²) >= 11 is 0. The summed E-state index contributed by atoms with van der Waals surface area (Å²) in [6.45, 7) is 2.74. The van der Waals surface area contributed by atoms with Crippen molar-refractivity contribution in [2.24, 2.45) is 5.73 Å². The smallest absolute Gasteiger partial charge is 0.410 e. The lowest BCUT2D eigenvalue weighted by molar-refractivity contribution is 0.119. The average molecular weight is 375 g/mol. The number of ether oxygens (including phenoxy) is 1. The molecule has 2 unspecified atom stereocenters. The van der Waals surface area contributed by atoms with Gasteiger partial charge in [-0.1, -0.05) is 18.7 Å². The zero-order valence-electron chi connectivity index (χ0n) is 13.5. The highest BCUT2D eigenvalue weighted by atomic mass is 32.2. The van der Waals surface area contributed by atoms with Gasteiger partial charge in [0.2, 0.25) is 10.0 Å². The maximum Gasteiger partial charge on any atom is 0.410 e. The predicted octanol–water partition coefficient (Wildman–Crippen LogP) is 0.675. The SMILES string of the molecule is C=CCOC(=O)N1CC(S(=O)(=O)NC)C(N)(c2ccc(F)cc2F)C1. The van der Waals surface area contributed by atoms with Gasteiger partial charge in [-0.2, -0.15) is 0 Å². The first-order valence-corrected chi connectivity index (χ1v) is 8.89. The second-order valence-electron chi connectivity index (χ2n) is 5.65. The van der Waals surface area contributed by atoms with Crippen LogP contribution in [0.15, 0.2) is 30.9 Å². The fourth-order valence-electron chi connectivity index (χ4n) is 2.85. The summed E-state index contributed by atoms with van der Waals surface area (Å²) in [5.41, 5.74) is 4.27. The van der Waals surface area contributed by atoms with E-state index in [-0.39, 0.29) is 25.3 Å². The van der Waals surface area contributed by atoms with Crippen LogP contribution in [0.5, 0.6) is 0 Å². The second-order valence-corrected chi connectivity index (χ2v) is 7.72. The molecule has 1 aliphatic rings. The van der Waals surface area contributed by atoms with E-state index in [0.717, 1.165) is 17.0 Å². The molecule has 1 heterocycles. The van der Waals surface area contributed by atoms with Crippen molar-refractivity contribution in [3.63, 3.8) is 0 Å². The van der Waals surface area contributed by atoms with Gasteiger partial charge in [0, 0.05) is 24.7 Å². The molecular weight excluding hydrogens is 356 g/mol. The minimum atomic E-state index is -3.97. The van der Waals surface area contributed by atoms with Crippen LogP contribution in [-0.4, -0.2) is 51.4 Å². The minimum Gasteiger partial charge on any atom is -0.445 e.